The molecule has 0 bridgehead atoms. The fraction of sp³-hybridized carbons (Fsp3) is 0.312. The second-order valence-electron chi connectivity index (χ2n) is 5.46. The Hall–Kier alpha value is -1.90. The quantitative estimate of drug-likeness (QED) is 0.842. The van der Waals surface area contributed by atoms with E-state index in [0.29, 0.717) is 24.4 Å². The molecule has 2 aliphatic rings. The number of nitrogens with zero attached hydrogens (tertiary/aromatic N) is 2. The fourth-order valence-electron chi connectivity index (χ4n) is 2.78. The van der Waals surface area contributed by atoms with Gasteiger partial charge in [0.05, 0.1) is 16.9 Å². The maximum absolute atomic E-state index is 12.7. The number of hydrogen-bond acceptors (Lipinski definition) is 3. The SMILES string of the molecule is Cc1ccc(S(=O)(=O)N2CC3=C(C2)C(C#N)CC=C3)cc1. The Morgan fingerprint density at radius 1 is 1.24 bits per heavy atom. The van der Waals surface area contributed by atoms with Crippen LogP contribution in [0.15, 0.2) is 52.5 Å². The summed E-state index contributed by atoms with van der Waals surface area (Å²) < 4.78 is 26.8. The third-order valence-electron chi connectivity index (χ3n) is 4.03. The third kappa shape index (κ3) is 2.41. The molecule has 0 spiro atoms. The second-order valence-corrected chi connectivity index (χ2v) is 7.39. The summed E-state index contributed by atoms with van der Waals surface area (Å²) in [7, 11) is -3.50. The van der Waals surface area contributed by atoms with E-state index in [0.717, 1.165) is 16.7 Å². The van der Waals surface area contributed by atoms with Gasteiger partial charge in [0.1, 0.15) is 0 Å². The molecule has 0 saturated heterocycles. The molecule has 0 N–H and O–H groups in total. The van der Waals surface area contributed by atoms with Crippen LogP contribution in [-0.4, -0.2) is 25.8 Å². The van der Waals surface area contributed by atoms with Crippen LogP contribution in [0.4, 0.5) is 0 Å². The van der Waals surface area contributed by atoms with Crippen LogP contribution in [-0.2, 0) is 10.0 Å². The molecule has 1 aromatic rings. The van der Waals surface area contributed by atoms with Crippen molar-refractivity contribution >= 4 is 10.0 Å². The Labute approximate surface area is 125 Å². The van der Waals surface area contributed by atoms with Crippen molar-refractivity contribution in [1.29, 1.82) is 5.26 Å². The summed E-state index contributed by atoms with van der Waals surface area (Å²) in [4.78, 5) is 0.311. The number of hydrogen-bond donors (Lipinski definition) is 0. The minimum Gasteiger partial charge on any atom is -0.207 e. The summed E-state index contributed by atoms with van der Waals surface area (Å²) in [6.45, 7) is 2.61. The fourth-order valence-corrected chi connectivity index (χ4v) is 4.18. The number of aryl methyl sites for hydroxylation is 1. The smallest absolute Gasteiger partial charge is 0.207 e. The van der Waals surface area contributed by atoms with Gasteiger partial charge in [-0.05, 0) is 36.6 Å². The van der Waals surface area contributed by atoms with Crippen molar-refractivity contribution in [3.05, 3.63) is 53.1 Å². The molecule has 0 saturated carbocycles. The Morgan fingerprint density at radius 3 is 2.62 bits per heavy atom. The zero-order valence-electron chi connectivity index (χ0n) is 11.8. The maximum Gasteiger partial charge on any atom is 0.243 e. The number of allylic oxidation sites excluding steroid dienone is 1. The van der Waals surface area contributed by atoms with Gasteiger partial charge in [-0.3, -0.25) is 0 Å². The predicted octanol–water partition coefficient (Wildman–Crippen LogP) is 2.40. The van der Waals surface area contributed by atoms with E-state index in [1.807, 2.05) is 19.1 Å². The summed E-state index contributed by atoms with van der Waals surface area (Å²) >= 11 is 0. The number of nitriles is 1. The average Bonchev–Trinajstić information content (AvgIpc) is 2.92. The molecule has 0 fully saturated rings. The van der Waals surface area contributed by atoms with Crippen LogP contribution in [0, 0.1) is 24.2 Å². The van der Waals surface area contributed by atoms with Crippen molar-refractivity contribution in [2.45, 2.75) is 18.2 Å². The van der Waals surface area contributed by atoms with E-state index in [-0.39, 0.29) is 5.92 Å². The average molecular weight is 300 g/mol. The van der Waals surface area contributed by atoms with Gasteiger partial charge in [-0.2, -0.15) is 9.57 Å². The van der Waals surface area contributed by atoms with E-state index in [1.165, 1.54) is 4.31 Å². The standard InChI is InChI=1S/C16H16N2O2S/c1-12-5-7-15(8-6-12)21(19,20)18-10-14-4-2-3-13(9-17)16(14)11-18/h2,4-8,13H,3,10-11H2,1H3. The molecular formula is C16H16N2O2S. The van der Waals surface area contributed by atoms with Gasteiger partial charge < -0.3 is 0 Å². The van der Waals surface area contributed by atoms with E-state index >= 15 is 0 Å². The van der Waals surface area contributed by atoms with Crippen LogP contribution in [0.3, 0.4) is 0 Å². The zero-order valence-corrected chi connectivity index (χ0v) is 12.6. The van der Waals surface area contributed by atoms with Gasteiger partial charge in [-0.1, -0.05) is 29.8 Å². The summed E-state index contributed by atoms with van der Waals surface area (Å²) in [5.74, 6) is -0.191. The van der Waals surface area contributed by atoms with Gasteiger partial charge in [0.15, 0.2) is 0 Å². The summed E-state index contributed by atoms with van der Waals surface area (Å²) in [6.07, 6.45) is 4.58. The third-order valence-corrected chi connectivity index (χ3v) is 5.84. The molecule has 108 valence electrons. The topological polar surface area (TPSA) is 61.2 Å². The number of sulfonamides is 1. The molecule has 4 nitrogen and oxygen atoms in total. The van der Waals surface area contributed by atoms with Gasteiger partial charge in [-0.15, -0.1) is 0 Å². The summed E-state index contributed by atoms with van der Waals surface area (Å²) in [5, 5.41) is 9.19. The normalized spacial score (nSPS) is 22.2. The van der Waals surface area contributed by atoms with Crippen molar-refractivity contribution < 1.29 is 8.42 Å². The van der Waals surface area contributed by atoms with Crippen molar-refractivity contribution in [1.82, 2.24) is 4.31 Å². The molecular weight excluding hydrogens is 284 g/mol. The maximum atomic E-state index is 12.7. The van der Waals surface area contributed by atoms with Crippen LogP contribution >= 0.6 is 0 Å². The molecule has 1 unspecified atom stereocenters. The molecule has 0 aromatic heterocycles. The van der Waals surface area contributed by atoms with E-state index < -0.39 is 10.0 Å². The second kappa shape index (κ2) is 5.14. The lowest BCUT2D eigenvalue weighted by molar-refractivity contribution is 0.478. The predicted molar refractivity (Wildman–Crippen MR) is 79.8 cm³/mol. The highest BCUT2D eigenvalue weighted by Crippen LogP contribution is 2.33. The van der Waals surface area contributed by atoms with Crippen LogP contribution in [0.5, 0.6) is 0 Å². The van der Waals surface area contributed by atoms with E-state index in [9.17, 15) is 13.7 Å². The van der Waals surface area contributed by atoms with Crippen LogP contribution in [0.2, 0.25) is 0 Å². The lowest BCUT2D eigenvalue weighted by Crippen LogP contribution is -2.30. The number of benzene rings is 1. The van der Waals surface area contributed by atoms with Crippen molar-refractivity contribution in [3.63, 3.8) is 0 Å². The van der Waals surface area contributed by atoms with Crippen molar-refractivity contribution in [3.8, 4) is 6.07 Å². The molecule has 21 heavy (non-hydrogen) atoms. The lowest BCUT2D eigenvalue weighted by Gasteiger charge is -2.17. The van der Waals surface area contributed by atoms with Crippen LogP contribution in [0.1, 0.15) is 12.0 Å². The van der Waals surface area contributed by atoms with Gasteiger partial charge in [0.2, 0.25) is 10.0 Å². The molecule has 3 rings (SSSR count). The van der Waals surface area contributed by atoms with Gasteiger partial charge >= 0.3 is 0 Å². The highest BCUT2D eigenvalue weighted by Gasteiger charge is 2.35. The first kappa shape index (κ1) is 14.1. The summed E-state index contributed by atoms with van der Waals surface area (Å²) in [6, 6.07) is 9.14. The molecule has 0 radical (unpaired) electrons. The Balaban J connectivity index is 1.89. The first-order chi connectivity index (χ1) is 10.0. The lowest BCUT2D eigenvalue weighted by atomic mass is 9.90. The molecule has 0 amide bonds. The zero-order chi connectivity index (χ0) is 15.0. The molecule has 1 aliphatic carbocycles. The highest BCUT2D eigenvalue weighted by molar-refractivity contribution is 7.89. The molecule has 1 aromatic carbocycles. The Kier molecular flexibility index (Phi) is 3.44. The van der Waals surface area contributed by atoms with Gasteiger partial charge in [0, 0.05) is 13.1 Å². The minimum atomic E-state index is -3.50. The van der Waals surface area contributed by atoms with Crippen molar-refractivity contribution in [2.24, 2.45) is 5.92 Å². The van der Waals surface area contributed by atoms with Gasteiger partial charge in [0.25, 0.3) is 0 Å². The van der Waals surface area contributed by atoms with E-state index in [4.69, 9.17) is 0 Å². The largest absolute Gasteiger partial charge is 0.243 e. The Bertz CT molecular complexity index is 767. The summed E-state index contributed by atoms with van der Waals surface area (Å²) in [5.41, 5.74) is 2.96. The first-order valence-corrected chi connectivity index (χ1v) is 8.31. The van der Waals surface area contributed by atoms with E-state index in [2.05, 4.69) is 6.07 Å². The monoisotopic (exact) mass is 300 g/mol. The number of rotatable bonds is 2. The van der Waals surface area contributed by atoms with E-state index in [1.54, 1.807) is 24.3 Å². The first-order valence-electron chi connectivity index (χ1n) is 6.87. The Morgan fingerprint density at radius 2 is 1.95 bits per heavy atom. The molecule has 1 atom stereocenters. The van der Waals surface area contributed by atoms with Crippen molar-refractivity contribution in [2.75, 3.05) is 13.1 Å². The van der Waals surface area contributed by atoms with Crippen LogP contribution in [0.25, 0.3) is 0 Å². The minimum absolute atomic E-state index is 0.191. The van der Waals surface area contributed by atoms with Gasteiger partial charge in [-0.25, -0.2) is 8.42 Å². The molecule has 1 aliphatic heterocycles. The highest BCUT2D eigenvalue weighted by atomic mass is 32.2. The molecule has 1 heterocycles. The molecule has 5 heteroatoms. The van der Waals surface area contributed by atoms with Crippen LogP contribution < -0.4 is 0 Å².